The number of oxazole rings is 1. The molecule has 2 rings (SSSR count). The lowest BCUT2D eigenvalue weighted by atomic mass is 10.1. The van der Waals surface area contributed by atoms with E-state index in [1.807, 2.05) is 0 Å². The van der Waals surface area contributed by atoms with Crippen LogP contribution in [0.2, 0.25) is 0 Å². The predicted octanol–water partition coefficient (Wildman–Crippen LogP) is 4.55. The largest absolute Gasteiger partial charge is 0.432 e. The van der Waals surface area contributed by atoms with Crippen LogP contribution < -0.4 is 0 Å². The van der Waals surface area contributed by atoms with Gasteiger partial charge >= 0.3 is 0 Å². The first kappa shape index (κ1) is 14.7. The summed E-state index contributed by atoms with van der Waals surface area (Å²) in [5.41, 5.74) is 1.09. The molecular formula is C16H22N2O2. The Kier molecular flexibility index (Phi) is 5.71. The van der Waals surface area contributed by atoms with Crippen LogP contribution in [0.5, 0.6) is 0 Å². The quantitative estimate of drug-likeness (QED) is 0.497. The van der Waals surface area contributed by atoms with Gasteiger partial charge in [-0.2, -0.15) is 4.98 Å². The van der Waals surface area contributed by atoms with Gasteiger partial charge in [0, 0.05) is 12.6 Å². The lowest BCUT2D eigenvalue weighted by molar-refractivity contribution is 0.0947. The van der Waals surface area contributed by atoms with Crippen molar-refractivity contribution in [2.45, 2.75) is 58.3 Å². The van der Waals surface area contributed by atoms with Gasteiger partial charge in [-0.05, 0) is 18.6 Å². The van der Waals surface area contributed by atoms with Gasteiger partial charge in [-0.15, -0.1) is 0 Å². The number of carbonyl (C=O) groups is 1. The fraction of sp³-hybridized carbons (Fsp3) is 0.562. The van der Waals surface area contributed by atoms with E-state index in [1.165, 1.54) is 32.1 Å². The topological polar surface area (TPSA) is 56.0 Å². The third-order valence-corrected chi connectivity index (χ3v) is 3.41. The van der Waals surface area contributed by atoms with Gasteiger partial charge in [0.05, 0.1) is 0 Å². The van der Waals surface area contributed by atoms with E-state index in [0.717, 1.165) is 12.8 Å². The summed E-state index contributed by atoms with van der Waals surface area (Å²) in [6.07, 6.45) is 10.6. The van der Waals surface area contributed by atoms with Crippen LogP contribution in [-0.4, -0.2) is 15.8 Å². The number of pyridine rings is 1. The van der Waals surface area contributed by atoms with Crippen LogP contribution in [0.15, 0.2) is 22.7 Å². The van der Waals surface area contributed by atoms with E-state index < -0.39 is 0 Å². The number of rotatable bonds is 9. The number of hydrogen-bond donors (Lipinski definition) is 0. The van der Waals surface area contributed by atoms with E-state index in [0.29, 0.717) is 17.7 Å². The summed E-state index contributed by atoms with van der Waals surface area (Å²) in [6, 6.07) is 3.55. The number of fused-ring (bicyclic) bond motifs is 1. The summed E-state index contributed by atoms with van der Waals surface area (Å²) >= 11 is 0. The monoisotopic (exact) mass is 274 g/mol. The standard InChI is InChI=1S/C16H22N2O2/c1-2-3-4-5-6-7-8-10-13(19)16-18-15-14(20-16)11-9-12-17-15/h9,11-12H,2-8,10H2,1H3. The Morgan fingerprint density at radius 3 is 2.65 bits per heavy atom. The number of nitrogens with zero attached hydrogens (tertiary/aromatic N) is 2. The Morgan fingerprint density at radius 2 is 1.90 bits per heavy atom. The minimum Gasteiger partial charge on any atom is -0.432 e. The summed E-state index contributed by atoms with van der Waals surface area (Å²) in [7, 11) is 0. The Hall–Kier alpha value is -1.71. The van der Waals surface area contributed by atoms with E-state index in [1.54, 1.807) is 18.3 Å². The lowest BCUT2D eigenvalue weighted by Gasteiger charge is -1.99. The number of aromatic nitrogens is 2. The van der Waals surface area contributed by atoms with Crippen molar-refractivity contribution >= 4 is 17.0 Å². The number of unbranched alkanes of at least 4 members (excludes halogenated alkanes) is 6. The third kappa shape index (κ3) is 4.15. The molecule has 4 heteroatoms. The van der Waals surface area contributed by atoms with E-state index in [-0.39, 0.29) is 11.7 Å². The van der Waals surface area contributed by atoms with Crippen molar-refractivity contribution < 1.29 is 9.21 Å². The van der Waals surface area contributed by atoms with Crippen molar-refractivity contribution in [2.24, 2.45) is 0 Å². The molecule has 2 heterocycles. The fourth-order valence-corrected chi connectivity index (χ4v) is 2.24. The van der Waals surface area contributed by atoms with Gasteiger partial charge in [0.1, 0.15) is 0 Å². The Labute approximate surface area is 119 Å². The first-order chi connectivity index (χ1) is 9.81. The molecule has 0 aromatic carbocycles. The predicted molar refractivity (Wildman–Crippen MR) is 78.7 cm³/mol. The van der Waals surface area contributed by atoms with Crippen LogP contribution in [-0.2, 0) is 0 Å². The van der Waals surface area contributed by atoms with Crippen molar-refractivity contribution in [1.29, 1.82) is 0 Å². The molecule has 0 fully saturated rings. The maximum absolute atomic E-state index is 12.0. The number of Topliss-reactive ketones (excluding diaryl/α,β-unsaturated/α-hetero) is 1. The van der Waals surface area contributed by atoms with E-state index in [9.17, 15) is 4.79 Å². The van der Waals surface area contributed by atoms with E-state index >= 15 is 0 Å². The molecule has 2 aromatic rings. The van der Waals surface area contributed by atoms with Crippen molar-refractivity contribution in [3.8, 4) is 0 Å². The zero-order valence-electron chi connectivity index (χ0n) is 12.1. The molecule has 0 aliphatic carbocycles. The third-order valence-electron chi connectivity index (χ3n) is 3.41. The average molecular weight is 274 g/mol. The maximum Gasteiger partial charge on any atom is 0.265 e. The van der Waals surface area contributed by atoms with Gasteiger partial charge in [0.2, 0.25) is 5.78 Å². The molecule has 0 amide bonds. The molecule has 0 bridgehead atoms. The van der Waals surface area contributed by atoms with Crippen molar-refractivity contribution in [1.82, 2.24) is 9.97 Å². The summed E-state index contributed by atoms with van der Waals surface area (Å²) in [5.74, 6) is 0.182. The lowest BCUT2D eigenvalue weighted by Crippen LogP contribution is -1.99. The summed E-state index contributed by atoms with van der Waals surface area (Å²) in [4.78, 5) is 20.2. The summed E-state index contributed by atoms with van der Waals surface area (Å²) in [6.45, 7) is 2.22. The highest BCUT2D eigenvalue weighted by Crippen LogP contribution is 2.15. The molecule has 0 aliphatic rings. The molecule has 0 unspecified atom stereocenters. The molecule has 0 N–H and O–H groups in total. The highest BCUT2D eigenvalue weighted by molar-refractivity contribution is 5.93. The van der Waals surface area contributed by atoms with Crippen LogP contribution >= 0.6 is 0 Å². The summed E-state index contributed by atoms with van der Waals surface area (Å²) in [5, 5.41) is 0. The van der Waals surface area contributed by atoms with Gasteiger partial charge < -0.3 is 4.42 Å². The Balaban J connectivity index is 1.72. The molecule has 108 valence electrons. The molecule has 0 atom stereocenters. The molecule has 20 heavy (non-hydrogen) atoms. The molecule has 0 saturated heterocycles. The van der Waals surface area contributed by atoms with Crippen LogP contribution in [0.4, 0.5) is 0 Å². The van der Waals surface area contributed by atoms with Gasteiger partial charge in [-0.25, -0.2) is 4.98 Å². The van der Waals surface area contributed by atoms with Crippen LogP contribution in [0.3, 0.4) is 0 Å². The van der Waals surface area contributed by atoms with Gasteiger partial charge in [0.25, 0.3) is 5.89 Å². The minimum atomic E-state index is -0.0171. The number of hydrogen-bond acceptors (Lipinski definition) is 4. The number of carbonyl (C=O) groups excluding carboxylic acids is 1. The normalized spacial score (nSPS) is 11.1. The van der Waals surface area contributed by atoms with Crippen LogP contribution in [0.25, 0.3) is 11.2 Å². The molecule has 0 spiro atoms. The van der Waals surface area contributed by atoms with Gasteiger partial charge in [-0.1, -0.05) is 45.4 Å². The zero-order chi connectivity index (χ0) is 14.2. The SMILES string of the molecule is CCCCCCCCCC(=O)c1nc2ncccc2o1. The zero-order valence-corrected chi connectivity index (χ0v) is 12.1. The average Bonchev–Trinajstić information content (AvgIpc) is 2.90. The Bertz CT molecular complexity index is 515. The molecule has 2 aromatic heterocycles. The minimum absolute atomic E-state index is 0.0171. The first-order valence-corrected chi connectivity index (χ1v) is 7.56. The van der Waals surface area contributed by atoms with Gasteiger partial charge in [-0.3, -0.25) is 4.79 Å². The van der Waals surface area contributed by atoms with Crippen molar-refractivity contribution in [3.05, 3.63) is 24.2 Å². The molecule has 0 radical (unpaired) electrons. The molecular weight excluding hydrogens is 252 g/mol. The highest BCUT2D eigenvalue weighted by Gasteiger charge is 2.14. The number of ketones is 1. The molecule has 4 nitrogen and oxygen atoms in total. The van der Waals surface area contributed by atoms with Crippen LogP contribution in [0, 0.1) is 0 Å². The molecule has 0 saturated carbocycles. The summed E-state index contributed by atoms with van der Waals surface area (Å²) < 4.78 is 5.42. The van der Waals surface area contributed by atoms with Crippen molar-refractivity contribution in [3.63, 3.8) is 0 Å². The highest BCUT2D eigenvalue weighted by atomic mass is 16.4. The second-order valence-electron chi connectivity index (χ2n) is 5.14. The first-order valence-electron chi connectivity index (χ1n) is 7.56. The van der Waals surface area contributed by atoms with Crippen LogP contribution in [0.1, 0.15) is 69.0 Å². The van der Waals surface area contributed by atoms with E-state index in [2.05, 4.69) is 16.9 Å². The maximum atomic E-state index is 12.0. The fourth-order valence-electron chi connectivity index (χ4n) is 2.24. The Morgan fingerprint density at radius 1 is 1.15 bits per heavy atom. The van der Waals surface area contributed by atoms with E-state index in [4.69, 9.17) is 4.42 Å². The van der Waals surface area contributed by atoms with Gasteiger partial charge in [0.15, 0.2) is 11.2 Å². The second kappa shape index (κ2) is 7.78. The molecule has 0 aliphatic heterocycles. The smallest absolute Gasteiger partial charge is 0.265 e. The van der Waals surface area contributed by atoms with Crippen molar-refractivity contribution in [2.75, 3.05) is 0 Å². The second-order valence-corrected chi connectivity index (χ2v) is 5.14.